The number of aliphatic imine (C=N–C) groups is 2. The summed E-state index contributed by atoms with van der Waals surface area (Å²) in [5, 5.41) is 2.29. The van der Waals surface area contributed by atoms with Crippen molar-refractivity contribution in [1.82, 2.24) is 9.13 Å². The van der Waals surface area contributed by atoms with Crippen molar-refractivity contribution in [3.8, 4) is 0 Å². The first-order valence-electron chi connectivity index (χ1n) is 8.63. The van der Waals surface area contributed by atoms with Gasteiger partial charge < -0.3 is 9.13 Å². The summed E-state index contributed by atoms with van der Waals surface area (Å²) in [5.41, 5.74) is 6.06. The van der Waals surface area contributed by atoms with E-state index in [4.69, 9.17) is 0 Å². The average molecular weight is 338 g/mol. The molecule has 26 heavy (non-hydrogen) atoms. The molecule has 0 N–H and O–H groups in total. The smallest absolute Gasteiger partial charge is 0.0659 e. The van der Waals surface area contributed by atoms with Crippen LogP contribution in [0.4, 0.5) is 0 Å². The van der Waals surface area contributed by atoms with Gasteiger partial charge >= 0.3 is 0 Å². The van der Waals surface area contributed by atoms with E-state index >= 15 is 0 Å². The SMILES string of the molecule is Cn1cc2cc1/C=C1/C=CC(=N1)/C=C1/C=CC(=N1)/C=c1/cc/c(n1C)=C/2. The van der Waals surface area contributed by atoms with Crippen LogP contribution < -0.4 is 10.7 Å². The van der Waals surface area contributed by atoms with Gasteiger partial charge in [0.15, 0.2) is 0 Å². The number of hydrogen-bond acceptors (Lipinski definition) is 2. The Morgan fingerprint density at radius 3 is 2.15 bits per heavy atom. The maximum atomic E-state index is 4.68. The Hall–Kier alpha value is -3.40. The van der Waals surface area contributed by atoms with Crippen LogP contribution in [0.2, 0.25) is 0 Å². The van der Waals surface area contributed by atoms with E-state index in [1.165, 1.54) is 5.56 Å². The molecule has 0 radical (unpaired) electrons. The van der Waals surface area contributed by atoms with Gasteiger partial charge in [0.05, 0.1) is 22.8 Å². The lowest BCUT2D eigenvalue weighted by Gasteiger charge is -1.96. The van der Waals surface area contributed by atoms with Crippen molar-refractivity contribution >= 4 is 29.7 Å². The Morgan fingerprint density at radius 2 is 1.38 bits per heavy atom. The van der Waals surface area contributed by atoms with Crippen LogP contribution in [0.25, 0.3) is 18.2 Å². The first-order valence-corrected chi connectivity index (χ1v) is 8.63. The van der Waals surface area contributed by atoms with Gasteiger partial charge in [-0.05, 0) is 72.4 Å². The molecule has 0 spiro atoms. The fraction of sp³-hybridized carbons (Fsp3) is 0.0909. The van der Waals surface area contributed by atoms with Crippen LogP contribution in [-0.2, 0) is 14.1 Å². The highest BCUT2D eigenvalue weighted by atomic mass is 14.9. The van der Waals surface area contributed by atoms with Crippen LogP contribution in [0, 0.1) is 0 Å². The largest absolute Gasteiger partial charge is 0.350 e. The van der Waals surface area contributed by atoms with Crippen molar-refractivity contribution in [3.05, 3.63) is 88.1 Å². The van der Waals surface area contributed by atoms with Crippen molar-refractivity contribution in [2.24, 2.45) is 24.1 Å². The van der Waals surface area contributed by atoms with Gasteiger partial charge in [0.2, 0.25) is 0 Å². The molecular formula is C22H18N4. The normalized spacial score (nSPS) is 23.9. The van der Waals surface area contributed by atoms with Crippen LogP contribution in [0.5, 0.6) is 0 Å². The zero-order valence-electron chi connectivity index (χ0n) is 14.7. The molecule has 4 heteroatoms. The molecule has 4 nitrogen and oxygen atoms in total. The van der Waals surface area contributed by atoms with E-state index in [0.717, 1.165) is 39.2 Å². The van der Waals surface area contributed by atoms with E-state index in [2.05, 4.69) is 75.8 Å². The number of fused-ring (bicyclic) bond motifs is 6. The first kappa shape index (κ1) is 14.9. The van der Waals surface area contributed by atoms with Gasteiger partial charge in [-0.25, -0.2) is 9.98 Å². The van der Waals surface area contributed by atoms with Gasteiger partial charge in [-0.1, -0.05) is 0 Å². The van der Waals surface area contributed by atoms with Gasteiger partial charge in [-0.15, -0.1) is 0 Å². The molecule has 0 aliphatic carbocycles. The first-order chi connectivity index (χ1) is 12.6. The Bertz CT molecular complexity index is 1230. The quantitative estimate of drug-likeness (QED) is 0.706. The molecule has 0 atom stereocenters. The van der Waals surface area contributed by atoms with Crippen molar-refractivity contribution in [2.75, 3.05) is 0 Å². The fourth-order valence-electron chi connectivity index (χ4n) is 3.40. The lowest BCUT2D eigenvalue weighted by Crippen LogP contribution is -2.23. The summed E-state index contributed by atoms with van der Waals surface area (Å²) in [6.45, 7) is 0. The van der Waals surface area contributed by atoms with Crippen molar-refractivity contribution < 1.29 is 0 Å². The van der Waals surface area contributed by atoms with E-state index in [9.17, 15) is 0 Å². The van der Waals surface area contributed by atoms with Gasteiger partial charge in [0.1, 0.15) is 0 Å². The maximum absolute atomic E-state index is 4.68. The highest BCUT2D eigenvalue weighted by Gasteiger charge is 2.08. The third-order valence-electron chi connectivity index (χ3n) is 4.83. The van der Waals surface area contributed by atoms with Crippen molar-refractivity contribution in [2.45, 2.75) is 0 Å². The monoisotopic (exact) mass is 338 g/mol. The molecule has 0 unspecified atom stereocenters. The second kappa shape index (κ2) is 5.56. The highest BCUT2D eigenvalue weighted by Crippen LogP contribution is 2.19. The molecule has 0 aromatic carbocycles. The van der Waals surface area contributed by atoms with Crippen molar-refractivity contribution in [3.63, 3.8) is 0 Å². The molecule has 0 saturated carbocycles. The van der Waals surface area contributed by atoms with E-state index in [1.54, 1.807) is 0 Å². The molecule has 0 saturated heterocycles. The molecule has 3 aliphatic heterocycles. The predicted molar refractivity (Wildman–Crippen MR) is 107 cm³/mol. The number of allylic oxidation sites excluding steroid dienone is 5. The molecule has 2 aromatic heterocycles. The Labute approximate surface area is 151 Å². The molecule has 8 bridgehead atoms. The maximum Gasteiger partial charge on any atom is 0.0659 e. The summed E-state index contributed by atoms with van der Waals surface area (Å²) in [4.78, 5) is 9.37. The topological polar surface area (TPSA) is 34.6 Å². The van der Waals surface area contributed by atoms with E-state index in [-0.39, 0.29) is 0 Å². The molecule has 5 heterocycles. The molecule has 0 amide bonds. The standard InChI is InChI=1S/C22H18N4/c1-25-14-15-9-20-7-8-21(26(20)2)12-18-5-3-16(23-18)11-17-4-6-19(24-17)13-22(25)10-15/h3-14H,1-2H3/b16-11-,19-13-,20-9-,21-12-. The molecule has 0 fully saturated rings. The minimum absolute atomic E-state index is 0.926. The van der Waals surface area contributed by atoms with Crippen LogP contribution in [0.1, 0.15) is 11.3 Å². The molecule has 5 rings (SSSR count). The third-order valence-corrected chi connectivity index (χ3v) is 4.83. The van der Waals surface area contributed by atoms with E-state index in [0.29, 0.717) is 0 Å². The average Bonchev–Trinajstić information content (AvgIpc) is 3.36. The Morgan fingerprint density at radius 1 is 0.731 bits per heavy atom. The molecule has 3 aliphatic rings. The number of aryl methyl sites for hydroxylation is 1. The van der Waals surface area contributed by atoms with Crippen LogP contribution in [-0.4, -0.2) is 20.6 Å². The highest BCUT2D eigenvalue weighted by molar-refractivity contribution is 6.19. The second-order valence-electron chi connectivity index (χ2n) is 6.72. The number of hydrogen-bond donors (Lipinski definition) is 0. The van der Waals surface area contributed by atoms with Gasteiger partial charge in [-0.2, -0.15) is 0 Å². The number of nitrogens with zero attached hydrogens (tertiary/aromatic N) is 4. The summed E-state index contributed by atoms with van der Waals surface area (Å²) in [6, 6.07) is 6.45. The Kier molecular flexibility index (Phi) is 3.19. The van der Waals surface area contributed by atoms with Gasteiger partial charge in [-0.3, -0.25) is 0 Å². The van der Waals surface area contributed by atoms with E-state index in [1.807, 2.05) is 30.4 Å². The Balaban J connectivity index is 1.77. The lowest BCUT2D eigenvalue weighted by molar-refractivity contribution is 0.860. The minimum Gasteiger partial charge on any atom is -0.350 e. The summed E-state index contributed by atoms with van der Waals surface area (Å²) in [5.74, 6) is 0. The predicted octanol–water partition coefficient (Wildman–Crippen LogP) is 2.23. The molecule has 2 aromatic rings. The van der Waals surface area contributed by atoms with Gasteiger partial charge in [0.25, 0.3) is 0 Å². The lowest BCUT2D eigenvalue weighted by atomic mass is 10.2. The van der Waals surface area contributed by atoms with Crippen LogP contribution in [0.15, 0.2) is 76.2 Å². The van der Waals surface area contributed by atoms with Crippen LogP contribution in [0.3, 0.4) is 0 Å². The summed E-state index contributed by atoms with van der Waals surface area (Å²) < 4.78 is 4.31. The molecule has 126 valence electrons. The summed E-state index contributed by atoms with van der Waals surface area (Å²) in [7, 11) is 4.15. The second-order valence-corrected chi connectivity index (χ2v) is 6.72. The fourth-order valence-corrected chi connectivity index (χ4v) is 3.40. The number of rotatable bonds is 0. The van der Waals surface area contributed by atoms with Crippen molar-refractivity contribution in [1.29, 1.82) is 0 Å². The zero-order chi connectivity index (χ0) is 17.7. The zero-order valence-corrected chi connectivity index (χ0v) is 14.7. The number of aromatic nitrogens is 2. The third kappa shape index (κ3) is 2.56. The molecular weight excluding hydrogens is 320 g/mol. The minimum atomic E-state index is 0.926. The van der Waals surface area contributed by atoms with Gasteiger partial charge in [0, 0.05) is 36.7 Å². The summed E-state index contributed by atoms with van der Waals surface area (Å²) in [6.07, 6.45) is 18.7. The van der Waals surface area contributed by atoms with Crippen LogP contribution >= 0.6 is 0 Å². The summed E-state index contributed by atoms with van der Waals surface area (Å²) >= 11 is 0. The van der Waals surface area contributed by atoms with E-state index < -0.39 is 0 Å².